The fourth-order valence-corrected chi connectivity index (χ4v) is 5.67. The number of esters is 1. The molecule has 2 atom stereocenters. The van der Waals surface area contributed by atoms with Crippen molar-refractivity contribution in [3.8, 4) is 0 Å². The molecule has 0 aliphatic carbocycles. The third-order valence-corrected chi connectivity index (χ3v) is 7.89. The van der Waals surface area contributed by atoms with E-state index in [1.807, 2.05) is 61.5 Å². The number of piperidine rings is 1. The smallest absolute Gasteiger partial charge is 0.322 e. The molecule has 2 aromatic carbocycles. The molecule has 0 spiro atoms. The molecule has 0 unspecified atom stereocenters. The predicted molar refractivity (Wildman–Crippen MR) is 144 cm³/mol. The van der Waals surface area contributed by atoms with E-state index in [0.717, 1.165) is 11.1 Å². The summed E-state index contributed by atoms with van der Waals surface area (Å²) in [5.41, 5.74) is 3.68. The second kappa shape index (κ2) is 10.9. The van der Waals surface area contributed by atoms with Crippen LogP contribution in [0.1, 0.15) is 48.5 Å². The molecule has 9 nitrogen and oxygen atoms in total. The molecule has 204 valence electrons. The SMILES string of the molecule is CCOC(=O)C1CCN(C(=O)[C@H](c2ccccc2)N2CC3=C(C2=O)[C@@H](c2ccc(C)cc2)NC(=O)N3C)CC1. The molecule has 9 heteroatoms. The van der Waals surface area contributed by atoms with Gasteiger partial charge in [0.1, 0.15) is 6.04 Å². The number of carbonyl (C=O) groups is 4. The molecule has 2 aromatic rings. The molecule has 1 fully saturated rings. The summed E-state index contributed by atoms with van der Waals surface area (Å²) < 4.78 is 5.18. The van der Waals surface area contributed by atoms with E-state index in [1.165, 1.54) is 4.90 Å². The maximum absolute atomic E-state index is 14.1. The number of aryl methyl sites for hydroxylation is 1. The third-order valence-electron chi connectivity index (χ3n) is 7.89. The van der Waals surface area contributed by atoms with Gasteiger partial charge in [-0.2, -0.15) is 0 Å². The highest BCUT2D eigenvalue weighted by Gasteiger charge is 2.47. The first-order valence-electron chi connectivity index (χ1n) is 13.4. The van der Waals surface area contributed by atoms with Gasteiger partial charge in [0.05, 0.1) is 36.4 Å². The van der Waals surface area contributed by atoms with Crippen molar-refractivity contribution in [3.63, 3.8) is 0 Å². The van der Waals surface area contributed by atoms with Crippen LogP contribution in [0.5, 0.6) is 0 Å². The highest BCUT2D eigenvalue weighted by molar-refractivity contribution is 6.03. The van der Waals surface area contributed by atoms with Crippen LogP contribution in [0.4, 0.5) is 4.79 Å². The lowest BCUT2D eigenvalue weighted by Gasteiger charge is -2.36. The summed E-state index contributed by atoms with van der Waals surface area (Å²) in [5, 5.41) is 2.96. The number of likely N-dealkylation sites (N-methyl/N-ethyl adjacent to an activating group) is 1. The fraction of sp³-hybridized carbons (Fsp3) is 0.400. The van der Waals surface area contributed by atoms with E-state index >= 15 is 0 Å². The number of benzene rings is 2. The van der Waals surface area contributed by atoms with Gasteiger partial charge in [0.2, 0.25) is 5.91 Å². The van der Waals surface area contributed by atoms with E-state index in [0.29, 0.717) is 49.4 Å². The van der Waals surface area contributed by atoms with Crippen molar-refractivity contribution in [2.24, 2.45) is 5.92 Å². The van der Waals surface area contributed by atoms with Crippen molar-refractivity contribution in [1.82, 2.24) is 20.0 Å². The van der Waals surface area contributed by atoms with Crippen LogP contribution < -0.4 is 5.32 Å². The summed E-state index contributed by atoms with van der Waals surface area (Å²) >= 11 is 0. The molecule has 5 rings (SSSR count). The van der Waals surface area contributed by atoms with Gasteiger partial charge in [0.25, 0.3) is 5.91 Å². The number of carbonyl (C=O) groups excluding carboxylic acids is 4. The van der Waals surface area contributed by atoms with Crippen molar-refractivity contribution in [1.29, 1.82) is 0 Å². The van der Waals surface area contributed by atoms with Gasteiger partial charge >= 0.3 is 12.0 Å². The van der Waals surface area contributed by atoms with Crippen LogP contribution in [0.2, 0.25) is 0 Å². The minimum absolute atomic E-state index is 0.144. The van der Waals surface area contributed by atoms with Crippen LogP contribution in [0.15, 0.2) is 65.9 Å². The zero-order valence-corrected chi connectivity index (χ0v) is 22.6. The Hall–Kier alpha value is -4.14. The summed E-state index contributed by atoms with van der Waals surface area (Å²) in [6.07, 6.45) is 1.04. The minimum Gasteiger partial charge on any atom is -0.466 e. The van der Waals surface area contributed by atoms with Gasteiger partial charge in [-0.3, -0.25) is 19.3 Å². The summed E-state index contributed by atoms with van der Waals surface area (Å²) in [7, 11) is 1.65. The first kappa shape index (κ1) is 26.5. The summed E-state index contributed by atoms with van der Waals surface area (Å²) in [5.74, 6) is -0.915. The van der Waals surface area contributed by atoms with E-state index in [4.69, 9.17) is 4.74 Å². The Bertz CT molecular complexity index is 1300. The van der Waals surface area contributed by atoms with Gasteiger partial charge in [-0.15, -0.1) is 0 Å². The van der Waals surface area contributed by atoms with Crippen LogP contribution in [0, 0.1) is 12.8 Å². The van der Waals surface area contributed by atoms with Crippen molar-refractivity contribution in [2.75, 3.05) is 33.3 Å². The Morgan fingerprint density at radius 1 is 1.03 bits per heavy atom. The van der Waals surface area contributed by atoms with Gasteiger partial charge < -0.3 is 19.9 Å². The van der Waals surface area contributed by atoms with Crippen molar-refractivity contribution >= 4 is 23.8 Å². The van der Waals surface area contributed by atoms with Gasteiger partial charge in [-0.05, 0) is 37.8 Å². The Morgan fingerprint density at radius 3 is 2.33 bits per heavy atom. The van der Waals surface area contributed by atoms with E-state index < -0.39 is 12.1 Å². The number of nitrogens with one attached hydrogen (secondary N) is 1. The maximum Gasteiger partial charge on any atom is 0.322 e. The van der Waals surface area contributed by atoms with Crippen molar-refractivity contribution < 1.29 is 23.9 Å². The molecule has 4 amide bonds. The Labute approximate surface area is 228 Å². The highest BCUT2D eigenvalue weighted by Crippen LogP contribution is 2.40. The molecular weight excluding hydrogens is 496 g/mol. The van der Waals surface area contributed by atoms with E-state index in [1.54, 1.807) is 23.8 Å². The van der Waals surface area contributed by atoms with Crippen molar-refractivity contribution in [3.05, 3.63) is 82.6 Å². The van der Waals surface area contributed by atoms with Crippen LogP contribution >= 0.6 is 0 Å². The van der Waals surface area contributed by atoms with Crippen LogP contribution in [0.3, 0.4) is 0 Å². The average molecular weight is 531 g/mol. The Kier molecular flexibility index (Phi) is 7.41. The number of ether oxygens (including phenoxy) is 1. The standard InChI is InChI=1S/C30H34N4O5/c1-4-39-29(37)22-14-16-33(17-15-22)28(36)26(21-8-6-5-7-9-21)34-18-23-24(27(34)35)25(31-30(38)32(23)3)20-12-10-19(2)11-13-20/h5-13,22,25-26H,4,14-18H2,1-3H3,(H,31,38)/t25-,26+/m1/s1. The lowest BCUT2D eigenvalue weighted by molar-refractivity contribution is -0.152. The van der Waals surface area contributed by atoms with Gasteiger partial charge in [0, 0.05) is 20.1 Å². The quantitative estimate of drug-likeness (QED) is 0.578. The lowest BCUT2D eigenvalue weighted by Crippen LogP contribution is -2.48. The normalized spacial score (nSPS) is 20.6. The summed E-state index contributed by atoms with van der Waals surface area (Å²) in [4.78, 5) is 58.1. The summed E-state index contributed by atoms with van der Waals surface area (Å²) in [6, 6.07) is 15.3. The third kappa shape index (κ3) is 5.01. The molecule has 0 saturated carbocycles. The number of hydrogen-bond donors (Lipinski definition) is 1. The van der Waals surface area contributed by atoms with Gasteiger partial charge in [-0.1, -0.05) is 60.2 Å². The van der Waals surface area contributed by atoms with Crippen molar-refractivity contribution in [2.45, 2.75) is 38.8 Å². The van der Waals surface area contributed by atoms with Crippen LogP contribution in [-0.4, -0.2) is 71.8 Å². The average Bonchev–Trinajstić information content (AvgIpc) is 3.29. The predicted octanol–water partition coefficient (Wildman–Crippen LogP) is 3.33. The minimum atomic E-state index is -0.856. The molecule has 0 aromatic heterocycles. The molecular formula is C30H34N4O5. The monoisotopic (exact) mass is 530 g/mol. The van der Waals surface area contributed by atoms with E-state index in [9.17, 15) is 19.2 Å². The topological polar surface area (TPSA) is 99.3 Å². The first-order chi connectivity index (χ1) is 18.8. The maximum atomic E-state index is 14.1. The number of amides is 4. The zero-order chi connectivity index (χ0) is 27.7. The summed E-state index contributed by atoms with van der Waals surface area (Å²) in [6.45, 7) is 5.06. The van der Waals surface area contributed by atoms with Gasteiger partial charge in [-0.25, -0.2) is 4.79 Å². The fourth-order valence-electron chi connectivity index (χ4n) is 5.67. The number of hydrogen-bond acceptors (Lipinski definition) is 5. The number of rotatable bonds is 6. The molecule has 3 heterocycles. The Morgan fingerprint density at radius 2 is 1.69 bits per heavy atom. The number of urea groups is 1. The molecule has 0 radical (unpaired) electrons. The molecule has 1 N–H and O–H groups in total. The molecule has 3 aliphatic heterocycles. The molecule has 39 heavy (non-hydrogen) atoms. The first-order valence-corrected chi connectivity index (χ1v) is 13.4. The van der Waals surface area contributed by atoms with Crippen LogP contribution in [-0.2, 0) is 19.1 Å². The second-order valence-electron chi connectivity index (χ2n) is 10.3. The Balaban J connectivity index is 1.44. The number of nitrogens with zero attached hydrogens (tertiary/aromatic N) is 3. The molecule has 0 bridgehead atoms. The van der Waals surface area contributed by atoms with E-state index in [2.05, 4.69) is 5.32 Å². The molecule has 1 saturated heterocycles. The van der Waals surface area contributed by atoms with Gasteiger partial charge in [0.15, 0.2) is 0 Å². The van der Waals surface area contributed by atoms with E-state index in [-0.39, 0.29) is 36.3 Å². The highest BCUT2D eigenvalue weighted by atomic mass is 16.5. The molecule has 3 aliphatic rings. The zero-order valence-electron chi connectivity index (χ0n) is 22.6. The van der Waals surface area contributed by atoms with Crippen LogP contribution in [0.25, 0.3) is 0 Å². The lowest BCUT2D eigenvalue weighted by atomic mass is 9.94. The number of likely N-dealkylation sites (tertiary alicyclic amines) is 1. The second-order valence-corrected chi connectivity index (χ2v) is 10.3. The largest absolute Gasteiger partial charge is 0.466 e.